The van der Waals surface area contributed by atoms with E-state index < -0.39 is 58.6 Å². The van der Waals surface area contributed by atoms with E-state index in [1.807, 2.05) is 20.8 Å². The fourth-order valence-electron chi connectivity index (χ4n) is 33.5. The van der Waals surface area contributed by atoms with E-state index in [-0.39, 0.29) is 159 Å². The monoisotopic (exact) mass is 1710 g/mol. The predicted molar refractivity (Wildman–Crippen MR) is 473 cm³/mol. The van der Waals surface area contributed by atoms with Crippen molar-refractivity contribution in [3.8, 4) is 0 Å². The van der Waals surface area contributed by atoms with Gasteiger partial charge in [-0.25, -0.2) is 0 Å². The molecule has 35 atom stereocenters. The molecule has 11 N–H and O–H groups in total. The zero-order valence-corrected chi connectivity index (χ0v) is 77.9. The van der Waals surface area contributed by atoms with Crippen LogP contribution in [0, 0.1) is 155 Å². The van der Waals surface area contributed by atoms with E-state index in [1.54, 1.807) is 0 Å². The van der Waals surface area contributed by atoms with Gasteiger partial charge < -0.3 is 71.0 Å². The molecule has 13 saturated carbocycles. The zero-order chi connectivity index (χ0) is 87.9. The van der Waals surface area contributed by atoms with Crippen LogP contribution in [0.2, 0.25) is 0 Å². The van der Waals surface area contributed by atoms with Crippen LogP contribution in [0.5, 0.6) is 0 Å². The van der Waals surface area contributed by atoms with Crippen LogP contribution in [0.1, 0.15) is 359 Å². The number of ether oxygens (including phenoxy) is 3. The van der Waals surface area contributed by atoms with Crippen LogP contribution in [-0.4, -0.2) is 165 Å². The molecule has 0 heterocycles. The molecule has 696 valence electrons. The molecular formula is C102H171N3O17. The molecular weight excluding hydrogens is 1540 g/mol. The van der Waals surface area contributed by atoms with Gasteiger partial charge >= 0.3 is 17.9 Å². The van der Waals surface area contributed by atoms with Crippen molar-refractivity contribution in [3.63, 3.8) is 0 Å². The fourth-order valence-corrected chi connectivity index (χ4v) is 33.5. The van der Waals surface area contributed by atoms with E-state index in [4.69, 9.17) is 14.2 Å². The highest BCUT2D eigenvalue weighted by Gasteiger charge is 2.70. The smallest absolute Gasteiger partial charge is 0.303 e. The standard InChI is InChI=1S/C102H171N3O17/c1-62(25-36-86(111)112)72-30-33-75-71-29-28-65-51-68(39-42-97(65,7)78(71)56-83(108)100(72,75)10)120-48-22-16-13-19-45-103-91(117)94(4)59-95(5,92(118)104-46-20-14-17-23-49-121-69-40-43-98(8)66(52-69)54-81(106)89-76-34-31-73(63(2)26-37-87(113)114)101(76,11)84(109)57-79(89)98)61-96(6,60-94)93(119)105-47-21-15-18-24-50-122-70-41-44-99(9)67(53-70)55-82(107)90-77-35-32-74(64(3)27-38-88(115)116)102(77,12)85(110)58-80(90)99/h62-85,89-90,106-110H,13-61H2,1-12H3,(H,103,117)(H,104,118)(H,105,119)(H,111,112)(H,113,114)(H,115,116)/t62-,63-,64-,65-,66+,67+,68+,69+,70+,71+,72-,73-,74?,75+,76+,77+,78+,79+,80?,81-,82-,83+,84+,85+,89+,90+,94?,95?,96?,97+,98+,99+,100-,101-,102-/m1/s1. The number of fused-ring (bicyclic) bond motifs is 15. The number of carboxylic acid groups (broad SMARTS) is 3. The van der Waals surface area contributed by atoms with Gasteiger partial charge in [0.15, 0.2) is 0 Å². The lowest BCUT2D eigenvalue weighted by atomic mass is 9.43. The summed E-state index contributed by atoms with van der Waals surface area (Å²) in [5, 5.41) is 98.8. The van der Waals surface area contributed by atoms with E-state index >= 15 is 0 Å². The zero-order valence-electron chi connectivity index (χ0n) is 77.9. The van der Waals surface area contributed by atoms with Crippen LogP contribution >= 0.6 is 0 Å². The van der Waals surface area contributed by atoms with E-state index in [0.29, 0.717) is 126 Å². The number of amides is 3. The number of carbonyl (C=O) groups excluding carboxylic acids is 3. The van der Waals surface area contributed by atoms with Gasteiger partial charge in [0.1, 0.15) is 0 Å². The molecule has 0 aromatic heterocycles. The highest BCUT2D eigenvalue weighted by Crippen LogP contribution is 2.73. The van der Waals surface area contributed by atoms with Gasteiger partial charge in [0.25, 0.3) is 0 Å². The lowest BCUT2D eigenvalue weighted by Crippen LogP contribution is -2.62. The summed E-state index contributed by atoms with van der Waals surface area (Å²) in [6.07, 6.45) is 34.1. The van der Waals surface area contributed by atoms with E-state index in [0.717, 1.165) is 199 Å². The van der Waals surface area contributed by atoms with Gasteiger partial charge in [-0.3, -0.25) is 28.8 Å². The van der Waals surface area contributed by atoms with Gasteiger partial charge in [-0.05, 0) is 357 Å². The first-order valence-corrected chi connectivity index (χ1v) is 50.5. The van der Waals surface area contributed by atoms with Crippen LogP contribution in [0.3, 0.4) is 0 Å². The third-order valence-corrected chi connectivity index (χ3v) is 40.0. The van der Waals surface area contributed by atoms with Crippen LogP contribution in [-0.2, 0) is 43.0 Å². The molecule has 0 saturated heterocycles. The molecule has 20 nitrogen and oxygen atoms in total. The van der Waals surface area contributed by atoms with Gasteiger partial charge in [-0.2, -0.15) is 0 Å². The van der Waals surface area contributed by atoms with Gasteiger partial charge in [-0.1, -0.05) is 122 Å². The van der Waals surface area contributed by atoms with Crippen molar-refractivity contribution in [1.29, 1.82) is 0 Å². The Morgan fingerprint density at radius 1 is 0.336 bits per heavy atom. The Bertz CT molecular complexity index is 3390. The van der Waals surface area contributed by atoms with Crippen molar-refractivity contribution in [2.75, 3.05) is 39.5 Å². The maximum atomic E-state index is 14.8. The molecule has 0 aromatic rings. The lowest BCUT2D eigenvalue weighted by molar-refractivity contribution is -0.209. The second kappa shape index (κ2) is 39.3. The van der Waals surface area contributed by atoms with Crippen LogP contribution in [0.25, 0.3) is 0 Å². The summed E-state index contributed by atoms with van der Waals surface area (Å²) in [5.41, 5.74) is -3.51. The average molecular weight is 1710 g/mol. The average Bonchev–Trinajstić information content (AvgIpc) is 1.47. The maximum Gasteiger partial charge on any atom is 0.303 e. The summed E-state index contributed by atoms with van der Waals surface area (Å²) in [4.78, 5) is 78.9. The fraction of sp³-hybridized carbons (Fsp3) is 0.941. The number of rotatable bonds is 39. The van der Waals surface area contributed by atoms with Crippen molar-refractivity contribution in [1.82, 2.24) is 16.0 Å². The van der Waals surface area contributed by atoms with E-state index in [9.17, 15) is 69.6 Å². The third-order valence-electron chi connectivity index (χ3n) is 40.0. The van der Waals surface area contributed by atoms with Gasteiger partial charge in [-0.15, -0.1) is 0 Å². The van der Waals surface area contributed by atoms with Gasteiger partial charge in [0.2, 0.25) is 17.7 Å². The molecule has 0 aliphatic heterocycles. The summed E-state index contributed by atoms with van der Waals surface area (Å²) in [7, 11) is 0. The summed E-state index contributed by atoms with van der Waals surface area (Å²) < 4.78 is 20.0. The minimum Gasteiger partial charge on any atom is -0.481 e. The second-order valence-electron chi connectivity index (χ2n) is 46.9. The largest absolute Gasteiger partial charge is 0.481 e. The summed E-state index contributed by atoms with van der Waals surface area (Å²) in [5.74, 6) is 3.03. The molecule has 13 aliphatic carbocycles. The Hall–Kier alpha value is -3.50. The predicted octanol–water partition coefficient (Wildman–Crippen LogP) is 17.7. The first-order valence-electron chi connectivity index (χ1n) is 50.5. The summed E-state index contributed by atoms with van der Waals surface area (Å²) in [6.45, 7) is 30.2. The quantitative estimate of drug-likeness (QED) is 0.0255. The molecule has 122 heavy (non-hydrogen) atoms. The van der Waals surface area contributed by atoms with Crippen LogP contribution in [0.15, 0.2) is 0 Å². The van der Waals surface area contributed by atoms with Crippen molar-refractivity contribution in [2.45, 2.75) is 408 Å². The summed E-state index contributed by atoms with van der Waals surface area (Å²) >= 11 is 0. The molecule has 3 amide bonds. The highest BCUT2D eigenvalue weighted by atomic mass is 16.5. The topological polar surface area (TPSA) is 328 Å². The Balaban J connectivity index is 0.545. The Morgan fingerprint density at radius 3 is 0.984 bits per heavy atom. The van der Waals surface area contributed by atoms with Crippen molar-refractivity contribution >= 4 is 35.6 Å². The summed E-state index contributed by atoms with van der Waals surface area (Å²) in [6, 6.07) is 0. The van der Waals surface area contributed by atoms with E-state index in [1.165, 1.54) is 12.8 Å². The second-order valence-corrected chi connectivity index (χ2v) is 46.9. The molecule has 13 fully saturated rings. The third kappa shape index (κ3) is 19.2. The number of aliphatic hydroxyl groups excluding tert-OH is 5. The first kappa shape index (κ1) is 96.1. The number of hydrogen-bond acceptors (Lipinski definition) is 14. The number of aliphatic hydroxyl groups is 5. The molecule has 5 unspecified atom stereocenters. The molecule has 0 radical (unpaired) electrons. The minimum atomic E-state index is -0.987. The molecule has 0 aromatic carbocycles. The van der Waals surface area contributed by atoms with Crippen molar-refractivity contribution < 1.29 is 83.8 Å². The van der Waals surface area contributed by atoms with Gasteiger partial charge in [0.05, 0.1) is 48.8 Å². The molecule has 13 rings (SSSR count). The normalized spacial score (nSPS) is 45.1. The minimum absolute atomic E-state index is 0.0213. The number of hydrogen-bond donors (Lipinski definition) is 11. The maximum absolute atomic E-state index is 14.8. The molecule has 0 bridgehead atoms. The molecule has 13 aliphatic rings. The van der Waals surface area contributed by atoms with Gasteiger partial charge in [0, 0.05) is 75.0 Å². The molecule has 20 heteroatoms. The van der Waals surface area contributed by atoms with Crippen LogP contribution in [0.4, 0.5) is 0 Å². The van der Waals surface area contributed by atoms with Crippen LogP contribution < -0.4 is 16.0 Å². The number of nitrogens with one attached hydrogen (secondary N) is 3. The number of aliphatic carboxylic acids is 3. The first-order chi connectivity index (χ1) is 57.8. The number of carboxylic acids is 3. The number of unbranched alkanes of at least 4 members (excludes halogenated alkanes) is 9. The number of carbonyl (C=O) groups is 6. The Morgan fingerprint density at radius 2 is 0.639 bits per heavy atom. The van der Waals surface area contributed by atoms with Crippen molar-refractivity contribution in [3.05, 3.63) is 0 Å². The highest BCUT2D eigenvalue weighted by molar-refractivity contribution is 5.90. The Labute approximate surface area is 734 Å². The lowest BCUT2D eigenvalue weighted by Gasteiger charge is -2.63. The van der Waals surface area contributed by atoms with Crippen molar-refractivity contribution in [2.24, 2.45) is 155 Å². The Kier molecular flexibility index (Phi) is 30.9. The van der Waals surface area contributed by atoms with E-state index in [2.05, 4.69) is 78.3 Å². The molecule has 0 spiro atoms. The SMILES string of the molecule is C[C@H](CCC(=O)O)C1CC[C@H]2[C@H]3C(C[C@H](O)[C@]12C)[C@@]1(C)CC[C@H](OCCCCCCNC(=O)C2(C)CC(C)(C(=O)NCCCCCCO[C@H]4CC[C@@]5(C)[C@H](CC[C@@H]6[C@@H]5C[C@H](O)[C@]5(C)[C@@H]([C@H](C)CCC(=O)O)CC[C@@H]65)C4)CC(C)(C(=O)NCCCCCCO[C@H]4CC[C@@]5(C)[C@@H](C4)C[C@@H](O)[C@@H]4[C@@H]5C[C@H](O)[C@]5(C)[C@@H]([C@H](C)CCC(=O)O)CC[C@@H]45)C2)C[C@H]1C[C@H]3O.